The number of methoxy groups -OCH3 is 1. The fraction of sp³-hybridized carbons (Fsp3) is 0.0952. The van der Waals surface area contributed by atoms with Crippen molar-refractivity contribution in [3.8, 4) is 11.5 Å². The molecule has 0 aliphatic heterocycles. The molecule has 0 bridgehead atoms. The van der Waals surface area contributed by atoms with Gasteiger partial charge >= 0.3 is 0 Å². The molecule has 28 heavy (non-hydrogen) atoms. The van der Waals surface area contributed by atoms with Crippen molar-refractivity contribution < 1.29 is 9.47 Å². The zero-order valence-corrected chi connectivity index (χ0v) is 18.1. The van der Waals surface area contributed by atoms with Crippen molar-refractivity contribution in [1.82, 2.24) is 0 Å². The van der Waals surface area contributed by atoms with E-state index in [2.05, 4.69) is 26.5 Å². The van der Waals surface area contributed by atoms with Crippen LogP contribution in [0.3, 0.4) is 0 Å². The third-order valence-corrected chi connectivity index (χ3v) is 5.11. The van der Waals surface area contributed by atoms with E-state index in [0.29, 0.717) is 28.2 Å². The van der Waals surface area contributed by atoms with Crippen LogP contribution < -0.4 is 14.9 Å². The van der Waals surface area contributed by atoms with E-state index in [0.717, 1.165) is 21.3 Å². The second kappa shape index (κ2) is 9.82. The van der Waals surface area contributed by atoms with E-state index in [9.17, 15) is 0 Å². The smallest absolute Gasteiger partial charge is 0.170 e. The van der Waals surface area contributed by atoms with Crippen LogP contribution in [0.1, 0.15) is 11.1 Å². The molecule has 0 fully saturated rings. The second-order valence-electron chi connectivity index (χ2n) is 5.79. The van der Waals surface area contributed by atoms with Crippen LogP contribution in [0, 0.1) is 0 Å². The number of rotatable bonds is 7. The van der Waals surface area contributed by atoms with E-state index in [1.165, 1.54) is 0 Å². The van der Waals surface area contributed by atoms with Crippen molar-refractivity contribution in [2.75, 3.05) is 12.5 Å². The summed E-state index contributed by atoms with van der Waals surface area (Å²) in [7, 11) is 1.61. The van der Waals surface area contributed by atoms with Gasteiger partial charge in [0.05, 0.1) is 29.1 Å². The van der Waals surface area contributed by atoms with Crippen LogP contribution in [0.25, 0.3) is 0 Å². The molecule has 3 aromatic carbocycles. The topological polar surface area (TPSA) is 42.8 Å². The Morgan fingerprint density at radius 3 is 2.54 bits per heavy atom. The number of benzene rings is 3. The van der Waals surface area contributed by atoms with Crippen molar-refractivity contribution in [3.05, 3.63) is 86.3 Å². The van der Waals surface area contributed by atoms with Crippen LogP contribution in [0.15, 0.2) is 70.2 Å². The number of ether oxygens (including phenoxy) is 2. The van der Waals surface area contributed by atoms with E-state index >= 15 is 0 Å². The summed E-state index contributed by atoms with van der Waals surface area (Å²) in [5.74, 6) is 1.25. The van der Waals surface area contributed by atoms with E-state index in [4.69, 9.17) is 32.7 Å². The zero-order valence-electron chi connectivity index (χ0n) is 15.0. The summed E-state index contributed by atoms with van der Waals surface area (Å²) in [6.07, 6.45) is 1.67. The Kier molecular flexibility index (Phi) is 7.20. The van der Waals surface area contributed by atoms with Gasteiger partial charge in [0.25, 0.3) is 0 Å². The minimum atomic E-state index is 0.411. The number of hydrazone groups is 1. The molecule has 4 nitrogen and oxygen atoms in total. The van der Waals surface area contributed by atoms with E-state index in [1.54, 1.807) is 31.5 Å². The minimum absolute atomic E-state index is 0.411. The molecule has 0 radical (unpaired) electrons. The van der Waals surface area contributed by atoms with Gasteiger partial charge < -0.3 is 9.47 Å². The van der Waals surface area contributed by atoms with E-state index in [-0.39, 0.29) is 0 Å². The average molecular weight is 480 g/mol. The van der Waals surface area contributed by atoms with Crippen molar-refractivity contribution in [1.29, 1.82) is 0 Å². The van der Waals surface area contributed by atoms with Crippen LogP contribution in [-0.2, 0) is 6.61 Å². The van der Waals surface area contributed by atoms with Crippen molar-refractivity contribution in [2.45, 2.75) is 6.61 Å². The summed E-state index contributed by atoms with van der Waals surface area (Å²) >= 11 is 15.4. The normalized spacial score (nSPS) is 10.9. The van der Waals surface area contributed by atoms with Gasteiger partial charge in [0.2, 0.25) is 0 Å². The molecule has 0 aliphatic carbocycles. The number of nitrogens with one attached hydrogen (secondary N) is 1. The van der Waals surface area contributed by atoms with Gasteiger partial charge in [-0.1, -0.05) is 57.3 Å². The maximum atomic E-state index is 6.02. The summed E-state index contributed by atoms with van der Waals surface area (Å²) in [6, 6.07) is 18.8. The highest BCUT2D eigenvalue weighted by Gasteiger charge is 2.10. The predicted octanol–water partition coefficient (Wildman–Crippen LogP) is 6.79. The number of hydrogen-bond acceptors (Lipinski definition) is 4. The lowest BCUT2D eigenvalue weighted by Crippen LogP contribution is -2.01. The number of nitrogens with zero attached hydrogens (tertiary/aromatic N) is 1. The highest BCUT2D eigenvalue weighted by atomic mass is 79.9. The molecule has 0 aromatic heterocycles. The monoisotopic (exact) mass is 478 g/mol. The van der Waals surface area contributed by atoms with Crippen molar-refractivity contribution in [3.63, 3.8) is 0 Å². The Hall–Kier alpha value is -2.21. The van der Waals surface area contributed by atoms with Crippen LogP contribution in [0.4, 0.5) is 5.69 Å². The summed E-state index contributed by atoms with van der Waals surface area (Å²) in [4.78, 5) is 0. The maximum absolute atomic E-state index is 6.02. The van der Waals surface area contributed by atoms with Gasteiger partial charge in [-0.2, -0.15) is 5.10 Å². The standard InChI is InChI=1S/C21H17BrCl2N2O2/c1-27-20-4-2-3-15(12-25-26-17-9-10-18(23)19(24)11-17)21(20)28-13-14-5-7-16(22)8-6-14/h2-12,26H,13H2,1H3. The molecular formula is C21H17BrCl2N2O2. The Balaban J connectivity index is 1.76. The van der Waals surface area contributed by atoms with Crippen molar-refractivity contribution >= 4 is 51.0 Å². The highest BCUT2D eigenvalue weighted by molar-refractivity contribution is 9.10. The fourth-order valence-corrected chi connectivity index (χ4v) is 2.99. The largest absolute Gasteiger partial charge is 0.493 e. The first-order chi connectivity index (χ1) is 13.6. The summed E-state index contributed by atoms with van der Waals surface area (Å²) < 4.78 is 12.5. The quantitative estimate of drug-likeness (QED) is 0.299. The summed E-state index contributed by atoms with van der Waals surface area (Å²) in [5.41, 5.74) is 5.49. The van der Waals surface area contributed by atoms with Gasteiger partial charge in [-0.25, -0.2) is 0 Å². The Labute approximate surface area is 182 Å². The maximum Gasteiger partial charge on any atom is 0.170 e. The molecule has 0 spiro atoms. The molecule has 0 atom stereocenters. The minimum Gasteiger partial charge on any atom is -0.493 e. The first kappa shape index (κ1) is 20.5. The molecule has 0 amide bonds. The number of hydrogen-bond donors (Lipinski definition) is 1. The second-order valence-corrected chi connectivity index (χ2v) is 7.52. The van der Waals surface area contributed by atoms with Gasteiger partial charge in [-0.3, -0.25) is 5.43 Å². The van der Waals surface area contributed by atoms with Crippen LogP contribution >= 0.6 is 39.1 Å². The number of para-hydroxylation sites is 1. The molecular weight excluding hydrogens is 463 g/mol. The molecule has 0 heterocycles. The summed E-state index contributed by atoms with van der Waals surface area (Å²) in [6.45, 7) is 0.411. The lowest BCUT2D eigenvalue weighted by atomic mass is 10.2. The Morgan fingerprint density at radius 2 is 1.82 bits per heavy atom. The molecule has 3 rings (SSSR count). The first-order valence-corrected chi connectivity index (χ1v) is 9.90. The van der Waals surface area contributed by atoms with E-state index in [1.807, 2.05) is 42.5 Å². The molecule has 144 valence electrons. The van der Waals surface area contributed by atoms with Gasteiger partial charge in [-0.15, -0.1) is 0 Å². The predicted molar refractivity (Wildman–Crippen MR) is 119 cm³/mol. The van der Waals surface area contributed by atoms with E-state index < -0.39 is 0 Å². The molecule has 3 aromatic rings. The Bertz CT molecular complexity index is 979. The van der Waals surface area contributed by atoms with Gasteiger partial charge in [-0.05, 0) is 48.0 Å². The van der Waals surface area contributed by atoms with Gasteiger partial charge in [0.1, 0.15) is 6.61 Å². The molecule has 0 aliphatic rings. The lowest BCUT2D eigenvalue weighted by molar-refractivity contribution is 0.284. The zero-order chi connectivity index (χ0) is 19.9. The SMILES string of the molecule is COc1cccc(C=NNc2ccc(Cl)c(Cl)c2)c1OCc1ccc(Br)cc1. The van der Waals surface area contributed by atoms with Crippen LogP contribution in [0.2, 0.25) is 10.0 Å². The molecule has 1 N–H and O–H groups in total. The summed E-state index contributed by atoms with van der Waals surface area (Å²) in [5, 5.41) is 5.22. The van der Waals surface area contributed by atoms with Crippen LogP contribution in [0.5, 0.6) is 11.5 Å². The first-order valence-electron chi connectivity index (χ1n) is 8.35. The number of halogens is 3. The fourth-order valence-electron chi connectivity index (χ4n) is 2.43. The van der Waals surface area contributed by atoms with Gasteiger partial charge in [0.15, 0.2) is 11.5 Å². The molecule has 7 heteroatoms. The van der Waals surface area contributed by atoms with Crippen molar-refractivity contribution in [2.24, 2.45) is 5.10 Å². The highest BCUT2D eigenvalue weighted by Crippen LogP contribution is 2.31. The molecule has 0 saturated carbocycles. The third-order valence-electron chi connectivity index (χ3n) is 3.84. The molecule has 0 unspecified atom stereocenters. The number of anilines is 1. The third kappa shape index (κ3) is 5.41. The molecule has 0 saturated heterocycles. The lowest BCUT2D eigenvalue weighted by Gasteiger charge is -2.13. The average Bonchev–Trinajstić information content (AvgIpc) is 2.70. The van der Waals surface area contributed by atoms with Crippen LogP contribution in [-0.4, -0.2) is 13.3 Å². The van der Waals surface area contributed by atoms with Gasteiger partial charge in [0, 0.05) is 10.0 Å². The Morgan fingerprint density at radius 1 is 1.04 bits per heavy atom.